The van der Waals surface area contributed by atoms with Crippen LogP contribution in [0.3, 0.4) is 0 Å². The molecule has 0 heterocycles. The Morgan fingerprint density at radius 3 is 2.50 bits per heavy atom. The van der Waals surface area contributed by atoms with Gasteiger partial charge in [-0.15, -0.1) is 0 Å². The highest BCUT2D eigenvalue weighted by molar-refractivity contribution is 5.06. The summed E-state index contributed by atoms with van der Waals surface area (Å²) in [7, 11) is 0. The Kier molecular flexibility index (Phi) is 2.14. The van der Waals surface area contributed by atoms with E-state index in [1.54, 1.807) is 0 Å². The van der Waals surface area contributed by atoms with Crippen molar-refractivity contribution in [1.82, 2.24) is 5.32 Å². The molecule has 16 heavy (non-hydrogen) atoms. The second-order valence-electron chi connectivity index (χ2n) is 6.75. The van der Waals surface area contributed by atoms with Crippen LogP contribution < -0.4 is 5.32 Å². The number of fused-ring (bicyclic) bond motifs is 5. The van der Waals surface area contributed by atoms with Crippen molar-refractivity contribution in [3.8, 4) is 0 Å². The van der Waals surface area contributed by atoms with Gasteiger partial charge in [0.05, 0.1) is 6.10 Å². The van der Waals surface area contributed by atoms with Crippen LogP contribution in [0.1, 0.15) is 44.9 Å². The van der Waals surface area contributed by atoms with E-state index in [1.807, 2.05) is 0 Å². The normalized spacial score (nSPS) is 58.7. The van der Waals surface area contributed by atoms with E-state index in [2.05, 4.69) is 5.32 Å². The summed E-state index contributed by atoms with van der Waals surface area (Å²) in [5, 5.41) is 13.2. The molecule has 4 aliphatic rings. The fourth-order valence-corrected chi connectivity index (χ4v) is 5.29. The average molecular weight is 221 g/mol. The van der Waals surface area contributed by atoms with Crippen molar-refractivity contribution in [3.05, 3.63) is 0 Å². The van der Waals surface area contributed by atoms with Gasteiger partial charge in [-0.2, -0.15) is 0 Å². The summed E-state index contributed by atoms with van der Waals surface area (Å²) in [5.41, 5.74) is 0. The molecule has 0 radical (unpaired) electrons. The van der Waals surface area contributed by atoms with Crippen molar-refractivity contribution in [2.45, 2.75) is 63.1 Å². The second kappa shape index (κ2) is 3.46. The van der Waals surface area contributed by atoms with Crippen LogP contribution in [-0.4, -0.2) is 23.3 Å². The van der Waals surface area contributed by atoms with Crippen LogP contribution in [-0.2, 0) is 0 Å². The third-order valence-corrected chi connectivity index (χ3v) is 5.99. The topological polar surface area (TPSA) is 32.3 Å². The van der Waals surface area contributed by atoms with Gasteiger partial charge in [-0.3, -0.25) is 0 Å². The summed E-state index contributed by atoms with van der Waals surface area (Å²) < 4.78 is 0. The Hall–Kier alpha value is -0.0800. The van der Waals surface area contributed by atoms with E-state index in [0.29, 0.717) is 6.04 Å². The molecule has 5 atom stereocenters. The van der Waals surface area contributed by atoms with Gasteiger partial charge in [0.1, 0.15) is 0 Å². The Labute approximate surface area is 97.8 Å². The van der Waals surface area contributed by atoms with Crippen LogP contribution in [0, 0.1) is 23.7 Å². The highest BCUT2D eigenvalue weighted by Crippen LogP contribution is 2.58. The van der Waals surface area contributed by atoms with E-state index in [-0.39, 0.29) is 6.10 Å². The van der Waals surface area contributed by atoms with Gasteiger partial charge in [-0.25, -0.2) is 0 Å². The predicted molar refractivity (Wildman–Crippen MR) is 63.0 cm³/mol. The minimum Gasteiger partial charge on any atom is -0.393 e. The van der Waals surface area contributed by atoms with Crippen LogP contribution >= 0.6 is 0 Å². The quantitative estimate of drug-likeness (QED) is 0.746. The van der Waals surface area contributed by atoms with Crippen LogP contribution in [0.4, 0.5) is 0 Å². The lowest BCUT2D eigenvalue weighted by Crippen LogP contribution is -2.51. The summed E-state index contributed by atoms with van der Waals surface area (Å²) in [6.45, 7) is 0. The predicted octanol–water partition coefficient (Wildman–Crippen LogP) is 1.92. The first kappa shape index (κ1) is 9.90. The lowest BCUT2D eigenvalue weighted by molar-refractivity contribution is 0.0496. The van der Waals surface area contributed by atoms with Crippen molar-refractivity contribution in [1.29, 1.82) is 0 Å². The summed E-state index contributed by atoms with van der Waals surface area (Å²) in [4.78, 5) is 0. The molecule has 4 saturated carbocycles. The Morgan fingerprint density at radius 2 is 1.69 bits per heavy atom. The number of rotatable bonds is 2. The highest BCUT2D eigenvalue weighted by atomic mass is 16.3. The average Bonchev–Trinajstić information content (AvgIpc) is 2.85. The van der Waals surface area contributed by atoms with E-state index < -0.39 is 0 Å². The number of hydrogen-bond donors (Lipinski definition) is 2. The number of hydrogen-bond acceptors (Lipinski definition) is 2. The number of nitrogens with one attached hydrogen (secondary N) is 1. The monoisotopic (exact) mass is 221 g/mol. The molecule has 0 aromatic carbocycles. The van der Waals surface area contributed by atoms with Crippen molar-refractivity contribution < 1.29 is 5.11 Å². The molecule has 2 bridgehead atoms. The van der Waals surface area contributed by atoms with Gasteiger partial charge in [-0.1, -0.05) is 6.42 Å². The molecule has 2 N–H and O–H groups in total. The molecule has 4 fully saturated rings. The molecule has 2 nitrogen and oxygen atoms in total. The molecule has 0 aromatic heterocycles. The summed E-state index contributed by atoms with van der Waals surface area (Å²) in [6.07, 6.45) is 9.50. The van der Waals surface area contributed by atoms with Crippen LogP contribution in [0.2, 0.25) is 0 Å². The minimum absolute atomic E-state index is 0.00433. The molecular weight excluding hydrogens is 198 g/mol. The van der Waals surface area contributed by atoms with E-state index in [4.69, 9.17) is 0 Å². The van der Waals surface area contributed by atoms with Crippen LogP contribution in [0.15, 0.2) is 0 Å². The molecule has 90 valence electrons. The third-order valence-electron chi connectivity index (χ3n) is 5.99. The molecule has 0 aromatic rings. The molecule has 0 spiro atoms. The summed E-state index contributed by atoms with van der Waals surface area (Å²) in [6, 6.07) is 1.45. The maximum Gasteiger partial charge on any atom is 0.0570 e. The summed E-state index contributed by atoms with van der Waals surface area (Å²) in [5.74, 6) is 4.23. The number of aliphatic hydroxyl groups excluding tert-OH is 1. The van der Waals surface area contributed by atoms with E-state index in [0.717, 1.165) is 42.6 Å². The lowest BCUT2D eigenvalue weighted by atomic mass is 9.78. The molecule has 0 aliphatic heterocycles. The highest BCUT2D eigenvalue weighted by Gasteiger charge is 2.54. The van der Waals surface area contributed by atoms with Crippen molar-refractivity contribution in [2.75, 3.05) is 0 Å². The SMILES string of the molecule is OC1CC(NC2CC3CC2C2CCCC32)C1. The zero-order valence-electron chi connectivity index (χ0n) is 9.94. The molecule has 0 saturated heterocycles. The van der Waals surface area contributed by atoms with Crippen LogP contribution in [0.25, 0.3) is 0 Å². The maximum atomic E-state index is 9.33. The van der Waals surface area contributed by atoms with E-state index in [9.17, 15) is 5.11 Å². The molecular formula is C14H23NO. The first-order valence-corrected chi connectivity index (χ1v) is 7.25. The third kappa shape index (κ3) is 1.32. The number of aliphatic hydroxyl groups is 1. The van der Waals surface area contributed by atoms with Crippen molar-refractivity contribution >= 4 is 0 Å². The first-order valence-electron chi connectivity index (χ1n) is 7.25. The Bertz CT molecular complexity index is 286. The zero-order chi connectivity index (χ0) is 10.7. The van der Waals surface area contributed by atoms with Crippen molar-refractivity contribution in [2.24, 2.45) is 23.7 Å². The second-order valence-corrected chi connectivity index (χ2v) is 6.75. The van der Waals surface area contributed by atoms with Crippen LogP contribution in [0.5, 0.6) is 0 Å². The standard InChI is InChI=1S/C14H23NO/c16-10-6-9(7-10)15-14-5-8-4-13(14)12-3-1-2-11(8)12/h8-16H,1-7H2. The Morgan fingerprint density at radius 1 is 0.875 bits per heavy atom. The molecule has 5 unspecified atom stereocenters. The van der Waals surface area contributed by atoms with Crippen molar-refractivity contribution in [3.63, 3.8) is 0 Å². The fourth-order valence-electron chi connectivity index (χ4n) is 5.29. The lowest BCUT2D eigenvalue weighted by Gasteiger charge is -2.39. The minimum atomic E-state index is -0.00433. The molecule has 0 amide bonds. The molecule has 4 rings (SSSR count). The van der Waals surface area contributed by atoms with Gasteiger partial charge in [0.15, 0.2) is 0 Å². The molecule has 4 aliphatic carbocycles. The van der Waals surface area contributed by atoms with Gasteiger partial charge in [-0.05, 0) is 62.2 Å². The van der Waals surface area contributed by atoms with Gasteiger partial charge in [0.25, 0.3) is 0 Å². The van der Waals surface area contributed by atoms with Gasteiger partial charge < -0.3 is 10.4 Å². The van der Waals surface area contributed by atoms with Gasteiger partial charge in [0.2, 0.25) is 0 Å². The van der Waals surface area contributed by atoms with E-state index >= 15 is 0 Å². The first-order chi connectivity index (χ1) is 7.81. The van der Waals surface area contributed by atoms with E-state index in [1.165, 1.54) is 32.1 Å². The fraction of sp³-hybridized carbons (Fsp3) is 1.00. The zero-order valence-corrected chi connectivity index (χ0v) is 9.94. The Balaban J connectivity index is 1.41. The van der Waals surface area contributed by atoms with Gasteiger partial charge >= 0.3 is 0 Å². The molecule has 2 heteroatoms. The largest absolute Gasteiger partial charge is 0.393 e. The maximum absolute atomic E-state index is 9.33. The smallest absolute Gasteiger partial charge is 0.0570 e. The van der Waals surface area contributed by atoms with Gasteiger partial charge in [0, 0.05) is 12.1 Å². The summed E-state index contributed by atoms with van der Waals surface area (Å²) >= 11 is 0.